The van der Waals surface area contributed by atoms with E-state index in [1.807, 2.05) is 18.7 Å². The van der Waals surface area contributed by atoms with Crippen molar-refractivity contribution < 1.29 is 18.7 Å². The number of fused-ring (bicyclic) bond motifs is 1. The predicted molar refractivity (Wildman–Crippen MR) is 100.0 cm³/mol. The summed E-state index contributed by atoms with van der Waals surface area (Å²) in [4.78, 5) is 14.4. The van der Waals surface area contributed by atoms with E-state index in [4.69, 9.17) is 21.1 Å². The first-order chi connectivity index (χ1) is 12.4. The van der Waals surface area contributed by atoms with Gasteiger partial charge in [-0.2, -0.15) is 0 Å². The first kappa shape index (κ1) is 18.3. The van der Waals surface area contributed by atoms with E-state index in [2.05, 4.69) is 5.32 Å². The molecule has 1 amide bonds. The topological polar surface area (TPSA) is 50.8 Å². The highest BCUT2D eigenvalue weighted by Crippen LogP contribution is 2.38. The first-order valence-electron chi connectivity index (χ1n) is 8.35. The normalized spacial score (nSPS) is 12.8. The minimum Gasteiger partial charge on any atom is -0.486 e. The molecule has 2 aromatic carbocycles. The first-order valence-corrected chi connectivity index (χ1v) is 8.73. The summed E-state index contributed by atoms with van der Waals surface area (Å²) < 4.78 is 24.1. The van der Waals surface area contributed by atoms with Crippen molar-refractivity contribution in [2.45, 2.75) is 19.9 Å². The molecule has 0 saturated carbocycles. The lowest BCUT2D eigenvalue weighted by atomic mass is 10.2. The molecule has 7 heteroatoms. The zero-order valence-corrected chi connectivity index (χ0v) is 15.3. The van der Waals surface area contributed by atoms with Gasteiger partial charge in [-0.05, 0) is 38.1 Å². The SMILES string of the molecule is CC(C)N(CC(=O)Nc1cc2c(cc1Cl)OCCO2)c1ccc(F)cc1. The smallest absolute Gasteiger partial charge is 0.243 e. The molecule has 0 aromatic heterocycles. The number of hydrogen-bond donors (Lipinski definition) is 1. The second-order valence-electron chi connectivity index (χ2n) is 6.22. The van der Waals surface area contributed by atoms with Gasteiger partial charge in [-0.1, -0.05) is 11.6 Å². The second-order valence-corrected chi connectivity index (χ2v) is 6.63. The zero-order chi connectivity index (χ0) is 18.7. The van der Waals surface area contributed by atoms with Crippen LogP contribution in [-0.4, -0.2) is 31.7 Å². The molecular weight excluding hydrogens is 359 g/mol. The number of nitrogens with one attached hydrogen (secondary N) is 1. The zero-order valence-electron chi connectivity index (χ0n) is 14.6. The highest BCUT2D eigenvalue weighted by Gasteiger charge is 2.19. The van der Waals surface area contributed by atoms with Gasteiger partial charge >= 0.3 is 0 Å². The molecule has 1 aliphatic rings. The van der Waals surface area contributed by atoms with Crippen molar-refractivity contribution in [2.75, 3.05) is 30.0 Å². The van der Waals surface area contributed by atoms with E-state index in [9.17, 15) is 9.18 Å². The van der Waals surface area contributed by atoms with E-state index in [-0.39, 0.29) is 24.3 Å². The minimum atomic E-state index is -0.315. The van der Waals surface area contributed by atoms with Gasteiger partial charge in [0.2, 0.25) is 5.91 Å². The van der Waals surface area contributed by atoms with Crippen LogP contribution in [0.15, 0.2) is 36.4 Å². The Bertz CT molecular complexity index is 796. The van der Waals surface area contributed by atoms with Gasteiger partial charge in [-0.15, -0.1) is 0 Å². The van der Waals surface area contributed by atoms with Crippen LogP contribution < -0.4 is 19.7 Å². The summed E-state index contributed by atoms with van der Waals surface area (Å²) in [5.41, 5.74) is 1.23. The molecule has 26 heavy (non-hydrogen) atoms. The summed E-state index contributed by atoms with van der Waals surface area (Å²) in [5, 5.41) is 3.18. The Hall–Kier alpha value is -2.47. The molecule has 1 aliphatic heterocycles. The van der Waals surface area contributed by atoms with Gasteiger partial charge in [0.05, 0.1) is 17.3 Å². The Labute approximate surface area is 156 Å². The molecule has 1 heterocycles. The number of benzene rings is 2. The molecule has 5 nitrogen and oxygen atoms in total. The molecule has 0 aliphatic carbocycles. The average Bonchev–Trinajstić information content (AvgIpc) is 2.61. The lowest BCUT2D eigenvalue weighted by Gasteiger charge is -2.28. The van der Waals surface area contributed by atoms with E-state index < -0.39 is 0 Å². The predicted octanol–water partition coefficient (Wildman–Crippen LogP) is 4.10. The highest BCUT2D eigenvalue weighted by molar-refractivity contribution is 6.34. The van der Waals surface area contributed by atoms with Gasteiger partial charge in [-0.3, -0.25) is 4.79 Å². The van der Waals surface area contributed by atoms with Gasteiger partial charge in [0.1, 0.15) is 19.0 Å². The molecule has 0 unspecified atom stereocenters. The van der Waals surface area contributed by atoms with Crippen molar-refractivity contribution >= 4 is 28.9 Å². The largest absolute Gasteiger partial charge is 0.486 e. The van der Waals surface area contributed by atoms with Crippen LogP contribution in [0.4, 0.5) is 15.8 Å². The maximum absolute atomic E-state index is 13.1. The van der Waals surface area contributed by atoms with Crippen molar-refractivity contribution in [1.82, 2.24) is 0 Å². The van der Waals surface area contributed by atoms with Gasteiger partial charge in [0.15, 0.2) is 11.5 Å². The van der Waals surface area contributed by atoms with Crippen LogP contribution >= 0.6 is 11.6 Å². The third-order valence-corrected chi connectivity index (χ3v) is 4.31. The van der Waals surface area contributed by atoms with Gasteiger partial charge < -0.3 is 19.7 Å². The van der Waals surface area contributed by atoms with Crippen molar-refractivity contribution in [3.8, 4) is 11.5 Å². The van der Waals surface area contributed by atoms with E-state index in [1.54, 1.807) is 24.3 Å². The number of carbonyl (C=O) groups excluding carboxylic acids is 1. The van der Waals surface area contributed by atoms with Crippen LogP contribution in [-0.2, 0) is 4.79 Å². The summed E-state index contributed by atoms with van der Waals surface area (Å²) in [6, 6.07) is 9.40. The third kappa shape index (κ3) is 4.19. The molecule has 138 valence electrons. The average molecular weight is 379 g/mol. The Morgan fingerprint density at radius 3 is 2.42 bits per heavy atom. The summed E-state index contributed by atoms with van der Waals surface area (Å²) in [5.74, 6) is 0.566. The number of carbonyl (C=O) groups is 1. The lowest BCUT2D eigenvalue weighted by Crippen LogP contribution is -2.38. The molecule has 0 fully saturated rings. The number of hydrogen-bond acceptors (Lipinski definition) is 4. The number of amides is 1. The minimum absolute atomic E-state index is 0.0574. The number of halogens is 2. The van der Waals surface area contributed by atoms with Crippen molar-refractivity contribution in [3.63, 3.8) is 0 Å². The van der Waals surface area contributed by atoms with Crippen LogP contribution in [0.5, 0.6) is 11.5 Å². The molecule has 2 aromatic rings. The van der Waals surface area contributed by atoms with Crippen LogP contribution in [0, 0.1) is 5.82 Å². The summed E-state index contributed by atoms with van der Waals surface area (Å²) in [7, 11) is 0. The van der Waals surface area contributed by atoms with E-state index in [0.29, 0.717) is 35.4 Å². The summed E-state index contributed by atoms with van der Waals surface area (Å²) in [6.45, 7) is 4.96. The summed E-state index contributed by atoms with van der Waals surface area (Å²) >= 11 is 6.23. The molecule has 3 rings (SSSR count). The quantitative estimate of drug-likeness (QED) is 0.850. The molecular formula is C19H20ClFN2O3. The fraction of sp³-hybridized carbons (Fsp3) is 0.316. The second kappa shape index (κ2) is 7.83. The van der Waals surface area contributed by atoms with Crippen molar-refractivity contribution in [3.05, 3.63) is 47.2 Å². The van der Waals surface area contributed by atoms with Crippen molar-refractivity contribution in [2.24, 2.45) is 0 Å². The monoisotopic (exact) mass is 378 g/mol. The van der Waals surface area contributed by atoms with Gasteiger partial charge in [-0.25, -0.2) is 4.39 Å². The van der Waals surface area contributed by atoms with Gasteiger partial charge in [0, 0.05) is 23.9 Å². The van der Waals surface area contributed by atoms with Crippen LogP contribution in [0.25, 0.3) is 0 Å². The molecule has 1 N–H and O–H groups in total. The van der Waals surface area contributed by atoms with E-state index in [0.717, 1.165) is 5.69 Å². The molecule has 0 saturated heterocycles. The lowest BCUT2D eigenvalue weighted by molar-refractivity contribution is -0.115. The van der Waals surface area contributed by atoms with Gasteiger partial charge in [0.25, 0.3) is 0 Å². The maximum Gasteiger partial charge on any atom is 0.243 e. The molecule has 0 spiro atoms. The third-order valence-electron chi connectivity index (χ3n) is 4.00. The standard InChI is InChI=1S/C19H20ClFN2O3/c1-12(2)23(14-5-3-13(21)4-6-14)11-19(24)22-16-10-18-17(9-15(16)20)25-7-8-26-18/h3-6,9-10,12H,7-8,11H2,1-2H3,(H,22,24). The van der Waals surface area contributed by atoms with E-state index >= 15 is 0 Å². The number of anilines is 2. The summed E-state index contributed by atoms with van der Waals surface area (Å²) in [6.07, 6.45) is 0. The Morgan fingerprint density at radius 1 is 1.19 bits per heavy atom. The fourth-order valence-electron chi connectivity index (χ4n) is 2.71. The molecule has 0 atom stereocenters. The Kier molecular flexibility index (Phi) is 5.52. The Balaban J connectivity index is 1.73. The maximum atomic E-state index is 13.1. The van der Waals surface area contributed by atoms with Crippen molar-refractivity contribution in [1.29, 1.82) is 0 Å². The number of nitrogens with zero attached hydrogens (tertiary/aromatic N) is 1. The fourth-order valence-corrected chi connectivity index (χ4v) is 2.91. The highest BCUT2D eigenvalue weighted by atomic mass is 35.5. The van der Waals surface area contributed by atoms with Crippen LogP contribution in [0.1, 0.15) is 13.8 Å². The molecule has 0 bridgehead atoms. The number of ether oxygens (including phenoxy) is 2. The molecule has 0 radical (unpaired) electrons. The van der Waals surface area contributed by atoms with Crippen LogP contribution in [0.3, 0.4) is 0 Å². The number of rotatable bonds is 5. The van der Waals surface area contributed by atoms with E-state index in [1.165, 1.54) is 12.1 Å². The Morgan fingerprint density at radius 2 is 1.81 bits per heavy atom. The van der Waals surface area contributed by atoms with Crippen LogP contribution in [0.2, 0.25) is 5.02 Å².